The molecule has 166 valence electrons. The molecule has 3 heterocycles. The number of aromatic nitrogens is 1. The van der Waals surface area contributed by atoms with E-state index in [9.17, 15) is 0 Å². The molecule has 0 amide bonds. The molecule has 2 aliphatic heterocycles. The van der Waals surface area contributed by atoms with Gasteiger partial charge in [-0.15, -0.1) is 0 Å². The summed E-state index contributed by atoms with van der Waals surface area (Å²) in [5.74, 6) is 1.10. The zero-order valence-electron chi connectivity index (χ0n) is 18.4. The summed E-state index contributed by atoms with van der Waals surface area (Å²) >= 11 is 11.9. The molecule has 0 spiro atoms. The Kier molecular flexibility index (Phi) is 6.07. The van der Waals surface area contributed by atoms with Gasteiger partial charge in [-0.25, -0.2) is 4.98 Å². The summed E-state index contributed by atoms with van der Waals surface area (Å²) in [4.78, 5) is 11.9. The van der Waals surface area contributed by atoms with Crippen LogP contribution in [-0.4, -0.2) is 54.3 Å². The number of rotatable bonds is 3. The molecule has 1 aromatic heterocycles. The molecule has 5 nitrogen and oxygen atoms in total. The Morgan fingerprint density at radius 2 is 1.72 bits per heavy atom. The van der Waals surface area contributed by atoms with Crippen molar-refractivity contribution in [1.29, 1.82) is 0 Å². The molecule has 5 rings (SSSR count). The third-order valence-electron chi connectivity index (χ3n) is 6.42. The number of aryl methyl sites for hydroxylation is 1. The fourth-order valence-corrected chi connectivity index (χ4v) is 5.09. The van der Waals surface area contributed by atoms with Crippen LogP contribution in [0.3, 0.4) is 0 Å². The van der Waals surface area contributed by atoms with Crippen LogP contribution in [0.25, 0.3) is 10.9 Å². The summed E-state index contributed by atoms with van der Waals surface area (Å²) in [7, 11) is 0. The number of hydrogen-bond acceptors (Lipinski definition) is 4. The van der Waals surface area contributed by atoms with Crippen molar-refractivity contribution in [2.45, 2.75) is 19.8 Å². The molecule has 7 heteroatoms. The molecular formula is C25H28ClN5S. The van der Waals surface area contributed by atoms with Gasteiger partial charge in [0.15, 0.2) is 5.11 Å². The average Bonchev–Trinajstić information content (AvgIpc) is 3.35. The van der Waals surface area contributed by atoms with E-state index in [2.05, 4.69) is 57.3 Å². The van der Waals surface area contributed by atoms with E-state index in [1.54, 1.807) is 0 Å². The molecule has 0 unspecified atom stereocenters. The van der Waals surface area contributed by atoms with Crippen LogP contribution in [0.1, 0.15) is 18.4 Å². The summed E-state index contributed by atoms with van der Waals surface area (Å²) in [5, 5.41) is 6.16. The van der Waals surface area contributed by atoms with E-state index in [1.807, 2.05) is 18.2 Å². The third kappa shape index (κ3) is 4.48. The van der Waals surface area contributed by atoms with Gasteiger partial charge in [-0.3, -0.25) is 0 Å². The number of nitrogens with zero attached hydrogens (tertiary/aromatic N) is 4. The highest BCUT2D eigenvalue weighted by molar-refractivity contribution is 7.80. The van der Waals surface area contributed by atoms with Crippen molar-refractivity contribution in [1.82, 2.24) is 9.88 Å². The molecule has 0 atom stereocenters. The molecule has 2 fully saturated rings. The van der Waals surface area contributed by atoms with Gasteiger partial charge in [-0.05, 0) is 80.0 Å². The second-order valence-electron chi connectivity index (χ2n) is 8.61. The van der Waals surface area contributed by atoms with Crippen molar-refractivity contribution in [3.05, 3.63) is 59.1 Å². The lowest BCUT2D eigenvalue weighted by atomic mass is 10.1. The zero-order chi connectivity index (χ0) is 22.1. The second kappa shape index (κ2) is 9.12. The Bertz CT molecular complexity index is 1140. The quantitative estimate of drug-likeness (QED) is 0.527. The van der Waals surface area contributed by atoms with Crippen LogP contribution in [0.2, 0.25) is 5.02 Å². The second-order valence-corrected chi connectivity index (χ2v) is 9.43. The lowest BCUT2D eigenvalue weighted by Gasteiger charge is -2.37. The van der Waals surface area contributed by atoms with Gasteiger partial charge in [0.05, 0.1) is 5.52 Å². The van der Waals surface area contributed by atoms with Crippen molar-refractivity contribution in [2.75, 3.05) is 54.4 Å². The van der Waals surface area contributed by atoms with Gasteiger partial charge >= 0.3 is 0 Å². The Hall–Kier alpha value is -2.57. The molecular weight excluding hydrogens is 438 g/mol. The molecule has 2 saturated heterocycles. The van der Waals surface area contributed by atoms with Gasteiger partial charge in [-0.2, -0.15) is 0 Å². The van der Waals surface area contributed by atoms with Gasteiger partial charge < -0.3 is 20.0 Å². The van der Waals surface area contributed by atoms with E-state index < -0.39 is 0 Å². The van der Waals surface area contributed by atoms with E-state index in [0.717, 1.165) is 66.4 Å². The van der Waals surface area contributed by atoms with Crippen LogP contribution in [0, 0.1) is 6.92 Å². The molecule has 0 saturated carbocycles. The van der Waals surface area contributed by atoms with E-state index in [-0.39, 0.29) is 0 Å². The van der Waals surface area contributed by atoms with Crippen LogP contribution in [-0.2, 0) is 0 Å². The maximum atomic E-state index is 6.15. The van der Waals surface area contributed by atoms with Gasteiger partial charge in [0, 0.05) is 61.1 Å². The topological polar surface area (TPSA) is 34.6 Å². The van der Waals surface area contributed by atoms with Gasteiger partial charge in [-0.1, -0.05) is 17.7 Å². The first-order chi connectivity index (χ1) is 15.6. The third-order valence-corrected chi connectivity index (χ3v) is 7.02. The fourth-order valence-electron chi connectivity index (χ4n) is 4.61. The van der Waals surface area contributed by atoms with Crippen LogP contribution in [0.5, 0.6) is 0 Å². The standard InChI is InChI=1S/C25H28ClN5S/c1-18-15-24(30-9-2-3-10-30)28-23-8-7-20(17-22(18)23)27-25(32)31-13-11-29(12-14-31)21-6-4-5-19(26)16-21/h4-8,15-17H,2-3,9-14H2,1H3,(H,27,32). The molecule has 3 aromatic rings. The molecule has 0 bridgehead atoms. The summed E-state index contributed by atoms with van der Waals surface area (Å²) < 4.78 is 0. The minimum absolute atomic E-state index is 0.773. The van der Waals surface area contributed by atoms with Crippen molar-refractivity contribution in [3.8, 4) is 0 Å². The number of piperazine rings is 1. The molecule has 2 aliphatic rings. The van der Waals surface area contributed by atoms with Crippen LogP contribution in [0.15, 0.2) is 48.5 Å². The zero-order valence-corrected chi connectivity index (χ0v) is 19.9. The lowest BCUT2D eigenvalue weighted by molar-refractivity contribution is 0.391. The molecule has 0 aliphatic carbocycles. The first-order valence-electron chi connectivity index (χ1n) is 11.3. The highest BCUT2D eigenvalue weighted by Crippen LogP contribution is 2.27. The first-order valence-corrected chi connectivity index (χ1v) is 12.1. The summed E-state index contributed by atoms with van der Waals surface area (Å²) in [6.45, 7) is 7.98. The van der Waals surface area contributed by atoms with Crippen LogP contribution in [0.4, 0.5) is 17.2 Å². The number of pyridine rings is 1. The Morgan fingerprint density at radius 1 is 0.938 bits per heavy atom. The molecule has 1 N–H and O–H groups in total. The summed E-state index contributed by atoms with van der Waals surface area (Å²) in [5.41, 5.74) is 4.47. The number of halogens is 1. The molecule has 32 heavy (non-hydrogen) atoms. The van der Waals surface area contributed by atoms with Gasteiger partial charge in [0.1, 0.15) is 5.82 Å². The van der Waals surface area contributed by atoms with Crippen molar-refractivity contribution in [3.63, 3.8) is 0 Å². The van der Waals surface area contributed by atoms with E-state index in [4.69, 9.17) is 28.8 Å². The maximum Gasteiger partial charge on any atom is 0.173 e. The van der Waals surface area contributed by atoms with Crippen molar-refractivity contribution >= 4 is 57.0 Å². The largest absolute Gasteiger partial charge is 0.368 e. The first kappa shape index (κ1) is 21.3. The predicted octanol–water partition coefficient (Wildman–Crippen LogP) is 5.32. The minimum atomic E-state index is 0.773. The van der Waals surface area contributed by atoms with E-state index in [0.29, 0.717) is 0 Å². The summed E-state index contributed by atoms with van der Waals surface area (Å²) in [6.07, 6.45) is 2.51. The van der Waals surface area contributed by atoms with E-state index >= 15 is 0 Å². The maximum absolute atomic E-state index is 6.15. The highest BCUT2D eigenvalue weighted by Gasteiger charge is 2.20. The van der Waals surface area contributed by atoms with Crippen LogP contribution >= 0.6 is 23.8 Å². The smallest absolute Gasteiger partial charge is 0.173 e. The molecule has 0 radical (unpaired) electrons. The fraction of sp³-hybridized carbons (Fsp3) is 0.360. The normalized spacial score (nSPS) is 16.6. The lowest BCUT2D eigenvalue weighted by Crippen LogP contribution is -2.50. The predicted molar refractivity (Wildman–Crippen MR) is 139 cm³/mol. The number of benzene rings is 2. The van der Waals surface area contributed by atoms with Gasteiger partial charge in [0.25, 0.3) is 0 Å². The number of fused-ring (bicyclic) bond motifs is 1. The van der Waals surface area contributed by atoms with Crippen molar-refractivity contribution in [2.24, 2.45) is 0 Å². The number of hydrogen-bond donors (Lipinski definition) is 1. The Labute approximate surface area is 200 Å². The molecule has 2 aromatic carbocycles. The number of nitrogens with one attached hydrogen (secondary N) is 1. The highest BCUT2D eigenvalue weighted by atomic mass is 35.5. The number of thiocarbonyl (C=S) groups is 1. The van der Waals surface area contributed by atoms with Gasteiger partial charge in [0.2, 0.25) is 0 Å². The summed E-state index contributed by atoms with van der Waals surface area (Å²) in [6, 6.07) is 16.6. The SMILES string of the molecule is Cc1cc(N2CCCC2)nc2ccc(NC(=S)N3CCN(c4cccc(Cl)c4)CC3)cc12. The van der Waals surface area contributed by atoms with Crippen LogP contribution < -0.4 is 15.1 Å². The Balaban J connectivity index is 1.25. The van der Waals surface area contributed by atoms with E-state index in [1.165, 1.54) is 29.5 Å². The Morgan fingerprint density at radius 3 is 2.47 bits per heavy atom. The van der Waals surface area contributed by atoms with Crippen molar-refractivity contribution < 1.29 is 0 Å². The monoisotopic (exact) mass is 465 g/mol. The number of anilines is 3. The average molecular weight is 466 g/mol. The minimum Gasteiger partial charge on any atom is -0.368 e.